The molecule has 5 nitrogen and oxygen atoms in total. The molecule has 18 heavy (non-hydrogen) atoms. The number of pyridine rings is 1. The van der Waals surface area contributed by atoms with Gasteiger partial charge in [0.15, 0.2) is 10.3 Å². The van der Waals surface area contributed by atoms with Crippen LogP contribution in [0.4, 0.5) is 13.2 Å². The molecule has 0 amide bonds. The molecule has 0 aromatic carbocycles. The van der Waals surface area contributed by atoms with Crippen LogP contribution in [0.5, 0.6) is 0 Å². The van der Waals surface area contributed by atoms with Crippen LogP contribution in [0.3, 0.4) is 0 Å². The van der Waals surface area contributed by atoms with Gasteiger partial charge in [0.1, 0.15) is 0 Å². The summed E-state index contributed by atoms with van der Waals surface area (Å²) in [5, 5.41) is 6.10. The van der Waals surface area contributed by atoms with Crippen molar-refractivity contribution in [1.29, 1.82) is 0 Å². The van der Waals surface area contributed by atoms with Gasteiger partial charge in [0, 0.05) is 6.20 Å². The van der Waals surface area contributed by atoms with Gasteiger partial charge in [-0.3, -0.25) is 4.79 Å². The van der Waals surface area contributed by atoms with Crippen molar-refractivity contribution in [2.24, 2.45) is 0 Å². The van der Waals surface area contributed by atoms with Gasteiger partial charge in [0.25, 0.3) is 0 Å². The van der Waals surface area contributed by atoms with E-state index in [0.29, 0.717) is 18.3 Å². The fraction of sp³-hybridized carbons (Fsp3) is 0.333. The third-order valence-electron chi connectivity index (χ3n) is 2.17. The highest BCUT2D eigenvalue weighted by Crippen LogP contribution is 2.29. The van der Waals surface area contributed by atoms with Gasteiger partial charge in [-0.2, -0.15) is 13.2 Å². The molecule has 1 aromatic rings. The van der Waals surface area contributed by atoms with E-state index in [-0.39, 0.29) is 0 Å². The van der Waals surface area contributed by atoms with E-state index in [1.165, 1.54) is 0 Å². The van der Waals surface area contributed by atoms with Crippen LogP contribution in [-0.4, -0.2) is 29.7 Å². The number of carbonyl (C=O) groups is 1. The monoisotopic (exact) mass is 283 g/mol. The number of rotatable bonds is 3. The molecule has 0 aliphatic carbocycles. The molecule has 1 rings (SSSR count). The van der Waals surface area contributed by atoms with Crippen molar-refractivity contribution in [3.63, 3.8) is 0 Å². The Kier molecular flexibility index (Phi) is 3.65. The summed E-state index contributed by atoms with van der Waals surface area (Å²) in [6.45, 7) is 0.914. The van der Waals surface area contributed by atoms with Crippen LogP contribution in [0.1, 0.15) is 12.5 Å². The minimum absolute atomic E-state index is 0.349. The predicted octanol–water partition coefficient (Wildman–Crippen LogP) is 1.35. The molecule has 0 radical (unpaired) electrons. The topological polar surface area (TPSA) is 84.3 Å². The highest BCUT2D eigenvalue weighted by Gasteiger charge is 2.34. The summed E-state index contributed by atoms with van der Waals surface area (Å²) in [5.74, 6) is -1.60. The van der Waals surface area contributed by atoms with Crippen molar-refractivity contribution in [3.8, 4) is 0 Å². The molecule has 0 saturated carbocycles. The standard InChI is InChI=1S/C9H8F3NO4S/c1-5(8(14)15)18(16,17)7-3-2-6(4-13-7)9(10,11)12/h2-5H,1H3,(H,14,15)/t5-/m1/s1. The van der Waals surface area contributed by atoms with Gasteiger partial charge in [-0.25, -0.2) is 13.4 Å². The number of aliphatic carboxylic acids is 1. The second kappa shape index (κ2) is 4.56. The zero-order chi connectivity index (χ0) is 14.1. The van der Waals surface area contributed by atoms with Crippen LogP contribution in [0.2, 0.25) is 0 Å². The molecule has 1 N–H and O–H groups in total. The SMILES string of the molecule is C[C@H](C(=O)O)S(=O)(=O)c1ccc(C(F)(F)F)cn1. The summed E-state index contributed by atoms with van der Waals surface area (Å²) in [6.07, 6.45) is -4.28. The number of nitrogens with zero attached hydrogens (tertiary/aromatic N) is 1. The average Bonchev–Trinajstić information content (AvgIpc) is 2.26. The van der Waals surface area contributed by atoms with E-state index >= 15 is 0 Å². The van der Waals surface area contributed by atoms with E-state index in [0.717, 1.165) is 6.92 Å². The Morgan fingerprint density at radius 3 is 2.28 bits per heavy atom. The molecule has 1 atom stereocenters. The molecular formula is C9H8F3NO4S. The Balaban J connectivity index is 3.17. The maximum absolute atomic E-state index is 12.2. The fourth-order valence-electron chi connectivity index (χ4n) is 1.03. The number of carboxylic acids is 1. The molecule has 0 aliphatic heterocycles. The van der Waals surface area contributed by atoms with Gasteiger partial charge in [0.2, 0.25) is 9.84 Å². The van der Waals surface area contributed by atoms with Crippen LogP contribution in [-0.2, 0) is 20.8 Å². The third-order valence-corrected chi connectivity index (χ3v) is 4.13. The Labute approximate surface area is 100 Å². The molecule has 0 unspecified atom stereocenters. The molecule has 0 aliphatic rings. The summed E-state index contributed by atoms with van der Waals surface area (Å²) in [4.78, 5) is 13.7. The maximum atomic E-state index is 12.2. The third kappa shape index (κ3) is 2.78. The Morgan fingerprint density at radius 2 is 1.94 bits per heavy atom. The highest BCUT2D eigenvalue weighted by atomic mass is 32.2. The molecule has 9 heteroatoms. The van der Waals surface area contributed by atoms with E-state index in [4.69, 9.17) is 5.11 Å². The molecule has 0 fully saturated rings. The second-order valence-corrected chi connectivity index (χ2v) is 5.62. The van der Waals surface area contributed by atoms with Gasteiger partial charge < -0.3 is 5.11 Å². The first-order valence-electron chi connectivity index (χ1n) is 4.57. The number of sulfone groups is 1. The molecular weight excluding hydrogens is 275 g/mol. The highest BCUT2D eigenvalue weighted by molar-refractivity contribution is 7.92. The van der Waals surface area contributed by atoms with E-state index in [2.05, 4.69) is 4.98 Å². The van der Waals surface area contributed by atoms with Gasteiger partial charge in [0.05, 0.1) is 5.56 Å². The van der Waals surface area contributed by atoms with Crippen molar-refractivity contribution in [3.05, 3.63) is 23.9 Å². The number of hydrogen-bond donors (Lipinski definition) is 1. The van der Waals surface area contributed by atoms with Crippen molar-refractivity contribution in [1.82, 2.24) is 4.98 Å². The van der Waals surface area contributed by atoms with Gasteiger partial charge in [-0.15, -0.1) is 0 Å². The van der Waals surface area contributed by atoms with Crippen LogP contribution in [0, 0.1) is 0 Å². The van der Waals surface area contributed by atoms with Gasteiger partial charge in [-0.05, 0) is 19.1 Å². The summed E-state index contributed by atoms with van der Waals surface area (Å²) >= 11 is 0. The van der Waals surface area contributed by atoms with E-state index in [1.807, 2.05) is 0 Å². The lowest BCUT2D eigenvalue weighted by Crippen LogP contribution is -2.27. The molecule has 0 saturated heterocycles. The minimum Gasteiger partial charge on any atom is -0.480 e. The molecule has 100 valence electrons. The second-order valence-electron chi connectivity index (χ2n) is 3.41. The molecule has 1 heterocycles. The van der Waals surface area contributed by atoms with Crippen molar-refractivity contribution < 1.29 is 31.5 Å². The summed E-state index contributed by atoms with van der Waals surface area (Å²) in [6, 6.07) is 1.17. The average molecular weight is 283 g/mol. The number of carboxylic acid groups (broad SMARTS) is 1. The first-order chi connectivity index (χ1) is 8.06. The van der Waals surface area contributed by atoms with Crippen LogP contribution in [0.25, 0.3) is 0 Å². The van der Waals surface area contributed by atoms with Crippen molar-refractivity contribution in [2.45, 2.75) is 23.4 Å². The number of alkyl halides is 3. The maximum Gasteiger partial charge on any atom is 0.417 e. The number of halogens is 3. The molecule has 0 spiro atoms. The number of hydrogen-bond acceptors (Lipinski definition) is 4. The van der Waals surface area contributed by atoms with E-state index < -0.39 is 37.8 Å². The summed E-state index contributed by atoms with van der Waals surface area (Å²) in [5.41, 5.74) is -1.11. The zero-order valence-electron chi connectivity index (χ0n) is 8.97. The lowest BCUT2D eigenvalue weighted by atomic mass is 10.3. The van der Waals surface area contributed by atoms with Crippen LogP contribution in [0.15, 0.2) is 23.4 Å². The fourth-order valence-corrected chi connectivity index (χ4v) is 2.12. The van der Waals surface area contributed by atoms with Gasteiger partial charge in [-0.1, -0.05) is 0 Å². The smallest absolute Gasteiger partial charge is 0.417 e. The molecule has 0 bridgehead atoms. The molecule has 1 aromatic heterocycles. The lowest BCUT2D eigenvalue weighted by Gasteiger charge is -2.09. The normalized spacial score (nSPS) is 14.2. The van der Waals surface area contributed by atoms with Crippen LogP contribution >= 0.6 is 0 Å². The lowest BCUT2D eigenvalue weighted by molar-refractivity contribution is -0.138. The van der Waals surface area contributed by atoms with Crippen LogP contribution < -0.4 is 0 Å². The Morgan fingerprint density at radius 1 is 1.39 bits per heavy atom. The summed E-state index contributed by atoms with van der Waals surface area (Å²) < 4.78 is 59.9. The van der Waals surface area contributed by atoms with Crippen molar-refractivity contribution in [2.75, 3.05) is 0 Å². The first kappa shape index (κ1) is 14.4. The Hall–Kier alpha value is -1.64. The largest absolute Gasteiger partial charge is 0.480 e. The number of aromatic nitrogens is 1. The van der Waals surface area contributed by atoms with Gasteiger partial charge >= 0.3 is 12.1 Å². The van der Waals surface area contributed by atoms with E-state index in [1.54, 1.807) is 0 Å². The first-order valence-corrected chi connectivity index (χ1v) is 6.11. The minimum atomic E-state index is -4.63. The predicted molar refractivity (Wildman–Crippen MR) is 53.5 cm³/mol. The summed E-state index contributed by atoms with van der Waals surface area (Å²) in [7, 11) is -4.28. The van der Waals surface area contributed by atoms with Crippen molar-refractivity contribution >= 4 is 15.8 Å². The quantitative estimate of drug-likeness (QED) is 0.905. The Bertz CT molecular complexity index is 550. The van der Waals surface area contributed by atoms with E-state index in [9.17, 15) is 26.4 Å². The zero-order valence-corrected chi connectivity index (χ0v) is 9.79.